The molecule has 0 bridgehead atoms. The van der Waals surface area contributed by atoms with Crippen LogP contribution in [0.1, 0.15) is 51.8 Å². The van der Waals surface area contributed by atoms with Crippen LogP contribution in [0.25, 0.3) is 0 Å². The quantitative estimate of drug-likeness (QED) is 0.865. The molecule has 0 aliphatic carbocycles. The monoisotopic (exact) mass is 280 g/mol. The van der Waals surface area contributed by atoms with Gasteiger partial charge in [-0.2, -0.15) is 0 Å². The molecule has 3 heteroatoms. The molecule has 0 amide bonds. The SMILES string of the molecule is CCNC(C)c1cc(F)c(C)cc1N(C)CC(C)(C)C. The molecule has 0 radical (unpaired) electrons. The second-order valence-electron chi connectivity index (χ2n) is 6.86. The molecular weight excluding hydrogens is 251 g/mol. The summed E-state index contributed by atoms with van der Waals surface area (Å²) < 4.78 is 13.9. The molecule has 2 nitrogen and oxygen atoms in total. The number of anilines is 1. The third-order valence-electron chi connectivity index (χ3n) is 3.41. The molecule has 0 aromatic heterocycles. The van der Waals surface area contributed by atoms with Crippen LogP contribution >= 0.6 is 0 Å². The molecule has 0 aliphatic heterocycles. The zero-order chi connectivity index (χ0) is 15.5. The van der Waals surface area contributed by atoms with Crippen molar-refractivity contribution in [1.82, 2.24) is 5.32 Å². The molecule has 1 atom stereocenters. The molecule has 1 rings (SSSR count). The lowest BCUT2D eigenvalue weighted by Crippen LogP contribution is -2.31. The van der Waals surface area contributed by atoms with Crippen LogP contribution < -0.4 is 10.2 Å². The predicted molar refractivity (Wildman–Crippen MR) is 86.0 cm³/mol. The van der Waals surface area contributed by atoms with Crippen molar-refractivity contribution in [2.45, 2.75) is 47.6 Å². The van der Waals surface area contributed by atoms with Gasteiger partial charge in [0.15, 0.2) is 0 Å². The number of benzene rings is 1. The predicted octanol–water partition coefficient (Wildman–Crippen LogP) is 4.29. The van der Waals surface area contributed by atoms with Crippen molar-refractivity contribution in [1.29, 1.82) is 0 Å². The topological polar surface area (TPSA) is 15.3 Å². The van der Waals surface area contributed by atoms with E-state index in [-0.39, 0.29) is 17.3 Å². The number of hydrogen-bond acceptors (Lipinski definition) is 2. The molecule has 1 aromatic carbocycles. The Morgan fingerprint density at radius 2 is 1.90 bits per heavy atom. The first-order chi connectivity index (χ1) is 9.15. The molecule has 0 saturated carbocycles. The maximum absolute atomic E-state index is 13.9. The van der Waals surface area contributed by atoms with Crippen molar-refractivity contribution in [2.24, 2.45) is 5.41 Å². The Hall–Kier alpha value is -1.09. The van der Waals surface area contributed by atoms with E-state index < -0.39 is 0 Å². The second kappa shape index (κ2) is 6.57. The van der Waals surface area contributed by atoms with Crippen LogP contribution in [-0.2, 0) is 0 Å². The van der Waals surface area contributed by atoms with E-state index in [1.54, 1.807) is 6.07 Å². The van der Waals surface area contributed by atoms with Gasteiger partial charge in [0.05, 0.1) is 0 Å². The zero-order valence-corrected chi connectivity index (χ0v) is 14.0. The van der Waals surface area contributed by atoms with Gasteiger partial charge in [-0.3, -0.25) is 0 Å². The lowest BCUT2D eigenvalue weighted by molar-refractivity contribution is 0.418. The molecule has 0 aliphatic rings. The van der Waals surface area contributed by atoms with Crippen LogP contribution in [-0.4, -0.2) is 20.1 Å². The van der Waals surface area contributed by atoms with Gasteiger partial charge in [0.25, 0.3) is 0 Å². The Kier molecular flexibility index (Phi) is 5.58. The fourth-order valence-corrected chi connectivity index (χ4v) is 2.57. The molecule has 1 unspecified atom stereocenters. The highest BCUT2D eigenvalue weighted by atomic mass is 19.1. The molecule has 0 saturated heterocycles. The van der Waals surface area contributed by atoms with Gasteiger partial charge >= 0.3 is 0 Å². The van der Waals surface area contributed by atoms with Gasteiger partial charge in [-0.05, 0) is 49.1 Å². The van der Waals surface area contributed by atoms with E-state index in [0.29, 0.717) is 5.56 Å². The maximum atomic E-state index is 13.9. The standard InChI is InChI=1S/C17H29FN2/c1-8-19-13(3)14-10-15(18)12(2)9-16(14)20(7)11-17(4,5)6/h9-10,13,19H,8,11H2,1-7H3. The Labute approximate surface area is 123 Å². The Morgan fingerprint density at radius 1 is 1.30 bits per heavy atom. The third-order valence-corrected chi connectivity index (χ3v) is 3.41. The molecule has 0 fully saturated rings. The van der Waals surface area contributed by atoms with Crippen molar-refractivity contribution in [3.05, 3.63) is 29.1 Å². The van der Waals surface area contributed by atoms with E-state index in [4.69, 9.17) is 0 Å². The van der Waals surface area contributed by atoms with E-state index >= 15 is 0 Å². The number of nitrogens with zero attached hydrogens (tertiary/aromatic N) is 1. The minimum Gasteiger partial charge on any atom is -0.374 e. The van der Waals surface area contributed by atoms with Crippen molar-refractivity contribution >= 4 is 5.69 Å². The van der Waals surface area contributed by atoms with Crippen LogP contribution in [0.15, 0.2) is 12.1 Å². The number of hydrogen-bond donors (Lipinski definition) is 1. The molecule has 20 heavy (non-hydrogen) atoms. The summed E-state index contributed by atoms with van der Waals surface area (Å²) in [6, 6.07) is 3.79. The summed E-state index contributed by atoms with van der Waals surface area (Å²) in [6.45, 7) is 14.4. The fraction of sp³-hybridized carbons (Fsp3) is 0.647. The number of halogens is 1. The highest BCUT2D eigenvalue weighted by Gasteiger charge is 2.19. The first-order valence-corrected chi connectivity index (χ1v) is 7.40. The lowest BCUT2D eigenvalue weighted by atomic mass is 9.94. The van der Waals surface area contributed by atoms with Gasteiger partial charge in [-0.15, -0.1) is 0 Å². The normalized spacial score (nSPS) is 13.4. The van der Waals surface area contributed by atoms with Crippen LogP contribution in [0.2, 0.25) is 0 Å². The molecule has 114 valence electrons. The Balaban J connectivity index is 3.18. The molecule has 1 aromatic rings. The van der Waals surface area contributed by atoms with Gasteiger partial charge < -0.3 is 10.2 Å². The largest absolute Gasteiger partial charge is 0.374 e. The molecule has 0 spiro atoms. The maximum Gasteiger partial charge on any atom is 0.126 e. The van der Waals surface area contributed by atoms with E-state index in [1.165, 1.54) is 0 Å². The van der Waals surface area contributed by atoms with Gasteiger partial charge in [-0.1, -0.05) is 27.7 Å². The number of rotatable bonds is 5. The van der Waals surface area contributed by atoms with E-state index in [1.807, 2.05) is 13.0 Å². The van der Waals surface area contributed by atoms with Crippen molar-refractivity contribution in [2.75, 3.05) is 25.0 Å². The summed E-state index contributed by atoms with van der Waals surface area (Å²) in [6.07, 6.45) is 0. The average Bonchev–Trinajstić information content (AvgIpc) is 2.30. The molecular formula is C17H29FN2. The highest BCUT2D eigenvalue weighted by molar-refractivity contribution is 5.56. The smallest absolute Gasteiger partial charge is 0.126 e. The summed E-state index contributed by atoms with van der Waals surface area (Å²) in [7, 11) is 2.08. The number of nitrogens with one attached hydrogen (secondary N) is 1. The Morgan fingerprint density at radius 3 is 2.40 bits per heavy atom. The van der Waals surface area contributed by atoms with Crippen molar-refractivity contribution in [3.63, 3.8) is 0 Å². The number of aryl methyl sites for hydroxylation is 1. The zero-order valence-electron chi connectivity index (χ0n) is 14.0. The fourth-order valence-electron chi connectivity index (χ4n) is 2.57. The van der Waals surface area contributed by atoms with Gasteiger partial charge in [0, 0.05) is 25.3 Å². The van der Waals surface area contributed by atoms with Crippen molar-refractivity contribution < 1.29 is 4.39 Å². The van der Waals surface area contributed by atoms with E-state index in [2.05, 4.69) is 51.9 Å². The molecule has 1 N–H and O–H groups in total. The van der Waals surface area contributed by atoms with Gasteiger partial charge in [0.1, 0.15) is 5.82 Å². The van der Waals surface area contributed by atoms with Crippen LogP contribution in [0.4, 0.5) is 10.1 Å². The molecule has 0 heterocycles. The summed E-state index contributed by atoms with van der Waals surface area (Å²) in [5.74, 6) is -0.127. The minimum atomic E-state index is -0.127. The van der Waals surface area contributed by atoms with Crippen molar-refractivity contribution in [3.8, 4) is 0 Å². The summed E-state index contributed by atoms with van der Waals surface area (Å²) in [5, 5.41) is 3.37. The summed E-state index contributed by atoms with van der Waals surface area (Å²) in [4.78, 5) is 2.23. The van der Waals surface area contributed by atoms with Crippen LogP contribution in [0, 0.1) is 18.2 Å². The van der Waals surface area contributed by atoms with Crippen LogP contribution in [0.3, 0.4) is 0 Å². The summed E-state index contributed by atoms with van der Waals surface area (Å²) >= 11 is 0. The second-order valence-corrected chi connectivity index (χ2v) is 6.86. The van der Waals surface area contributed by atoms with Crippen LogP contribution in [0.5, 0.6) is 0 Å². The van der Waals surface area contributed by atoms with Gasteiger partial charge in [-0.25, -0.2) is 4.39 Å². The third kappa shape index (κ3) is 4.48. The first kappa shape index (κ1) is 17.0. The van der Waals surface area contributed by atoms with E-state index in [9.17, 15) is 4.39 Å². The first-order valence-electron chi connectivity index (χ1n) is 7.40. The highest BCUT2D eigenvalue weighted by Crippen LogP contribution is 2.30. The minimum absolute atomic E-state index is 0.127. The Bertz CT molecular complexity index is 449. The van der Waals surface area contributed by atoms with Gasteiger partial charge in [0.2, 0.25) is 0 Å². The average molecular weight is 280 g/mol. The lowest BCUT2D eigenvalue weighted by Gasteiger charge is -2.31. The summed E-state index contributed by atoms with van der Waals surface area (Å²) in [5.41, 5.74) is 3.05. The van der Waals surface area contributed by atoms with E-state index in [0.717, 1.165) is 24.3 Å².